The summed E-state index contributed by atoms with van der Waals surface area (Å²) in [7, 11) is 0. The van der Waals surface area contributed by atoms with E-state index in [1.54, 1.807) is 0 Å². The molecule has 0 aromatic carbocycles. The van der Waals surface area contributed by atoms with E-state index in [-0.39, 0.29) is 0 Å². The van der Waals surface area contributed by atoms with Gasteiger partial charge in [-0.25, -0.2) is 0 Å². The van der Waals surface area contributed by atoms with Gasteiger partial charge in [-0.1, -0.05) is 54.9 Å². The minimum Gasteiger partial charge on any atom is -0.0651 e. The second kappa shape index (κ2) is 5.02. The van der Waals surface area contributed by atoms with Crippen molar-refractivity contribution in [3.63, 3.8) is 0 Å². The topological polar surface area (TPSA) is 0 Å². The van der Waals surface area contributed by atoms with Crippen LogP contribution in [0.25, 0.3) is 0 Å². The first-order valence-electron chi connectivity index (χ1n) is 5.79. The van der Waals surface area contributed by atoms with Crippen LogP contribution in [0.2, 0.25) is 0 Å². The molecule has 0 saturated carbocycles. The van der Waals surface area contributed by atoms with E-state index in [0.717, 1.165) is 17.8 Å². The van der Waals surface area contributed by atoms with Gasteiger partial charge in [0.25, 0.3) is 0 Å². The maximum Gasteiger partial charge on any atom is -0.0337 e. The molecule has 2 atom stereocenters. The van der Waals surface area contributed by atoms with E-state index < -0.39 is 0 Å². The van der Waals surface area contributed by atoms with E-state index in [1.807, 2.05) is 0 Å². The molecule has 0 aromatic rings. The Morgan fingerprint density at radius 2 is 1.46 bits per heavy atom. The molecular formula is C13H28. The largest absolute Gasteiger partial charge is 0.0651 e. The molecular weight excluding hydrogens is 156 g/mol. The lowest BCUT2D eigenvalue weighted by molar-refractivity contribution is 0.136. The predicted molar refractivity (Wildman–Crippen MR) is 61.9 cm³/mol. The van der Waals surface area contributed by atoms with Crippen LogP contribution in [0.5, 0.6) is 0 Å². The summed E-state index contributed by atoms with van der Waals surface area (Å²) < 4.78 is 0. The van der Waals surface area contributed by atoms with Crippen molar-refractivity contribution in [3.05, 3.63) is 0 Å². The van der Waals surface area contributed by atoms with E-state index >= 15 is 0 Å². The zero-order valence-corrected chi connectivity index (χ0v) is 10.6. The Balaban J connectivity index is 4.37. The van der Waals surface area contributed by atoms with Crippen LogP contribution in [-0.2, 0) is 0 Å². The van der Waals surface area contributed by atoms with E-state index in [2.05, 4.69) is 48.5 Å². The zero-order valence-electron chi connectivity index (χ0n) is 10.6. The van der Waals surface area contributed by atoms with E-state index in [1.165, 1.54) is 12.8 Å². The van der Waals surface area contributed by atoms with Gasteiger partial charge in [0.15, 0.2) is 0 Å². The van der Waals surface area contributed by atoms with Crippen LogP contribution in [0.1, 0.15) is 61.3 Å². The van der Waals surface area contributed by atoms with Gasteiger partial charge in [0, 0.05) is 0 Å². The normalized spacial score (nSPS) is 17.5. The smallest absolute Gasteiger partial charge is 0.0337 e. The van der Waals surface area contributed by atoms with Crippen molar-refractivity contribution in [2.45, 2.75) is 61.3 Å². The fraction of sp³-hybridized carbons (Fsp3) is 1.00. The van der Waals surface area contributed by atoms with Crippen molar-refractivity contribution in [1.82, 2.24) is 0 Å². The maximum atomic E-state index is 2.40. The molecule has 0 rings (SSSR count). The molecule has 0 saturated heterocycles. The fourth-order valence-corrected chi connectivity index (χ4v) is 2.23. The SMILES string of the molecule is CCC(C)C(CC(C)C)C(C)(C)C. The summed E-state index contributed by atoms with van der Waals surface area (Å²) in [5, 5.41) is 0. The molecule has 0 heteroatoms. The van der Waals surface area contributed by atoms with Crippen LogP contribution >= 0.6 is 0 Å². The average Bonchev–Trinajstić information content (AvgIpc) is 1.96. The first-order chi connectivity index (χ1) is 5.79. The highest BCUT2D eigenvalue weighted by Gasteiger charge is 2.28. The Morgan fingerprint density at radius 1 is 1.00 bits per heavy atom. The third-order valence-electron chi connectivity index (χ3n) is 3.17. The Kier molecular flexibility index (Phi) is 5.02. The van der Waals surface area contributed by atoms with Crippen molar-refractivity contribution in [3.8, 4) is 0 Å². The molecule has 0 fully saturated rings. The Hall–Kier alpha value is 0. The minimum atomic E-state index is 0.472. The van der Waals surface area contributed by atoms with Crippen LogP contribution in [-0.4, -0.2) is 0 Å². The lowest BCUT2D eigenvalue weighted by Crippen LogP contribution is -2.27. The third-order valence-corrected chi connectivity index (χ3v) is 3.17. The fourth-order valence-electron chi connectivity index (χ4n) is 2.23. The standard InChI is InChI=1S/C13H28/c1-8-11(4)12(9-10(2)3)13(5,6)7/h10-12H,8-9H2,1-7H3. The second-order valence-corrected chi connectivity index (χ2v) is 5.99. The molecule has 0 aliphatic heterocycles. The van der Waals surface area contributed by atoms with E-state index in [9.17, 15) is 0 Å². The van der Waals surface area contributed by atoms with Gasteiger partial charge in [-0.2, -0.15) is 0 Å². The van der Waals surface area contributed by atoms with Crippen molar-refractivity contribution in [1.29, 1.82) is 0 Å². The predicted octanol–water partition coefficient (Wildman–Crippen LogP) is 4.74. The Morgan fingerprint density at radius 3 is 1.69 bits per heavy atom. The maximum absolute atomic E-state index is 2.40. The summed E-state index contributed by atoms with van der Waals surface area (Å²) in [6, 6.07) is 0. The first-order valence-corrected chi connectivity index (χ1v) is 5.79. The Bertz CT molecular complexity index is 127. The quantitative estimate of drug-likeness (QED) is 0.592. The average molecular weight is 184 g/mol. The van der Waals surface area contributed by atoms with Gasteiger partial charge in [0.05, 0.1) is 0 Å². The molecule has 0 amide bonds. The molecule has 0 spiro atoms. The molecule has 0 heterocycles. The minimum absolute atomic E-state index is 0.472. The van der Waals surface area contributed by atoms with Gasteiger partial charge in [0.1, 0.15) is 0 Å². The summed E-state index contributed by atoms with van der Waals surface area (Å²) in [6.45, 7) is 16.5. The molecule has 0 aliphatic carbocycles. The van der Waals surface area contributed by atoms with Crippen molar-refractivity contribution < 1.29 is 0 Å². The van der Waals surface area contributed by atoms with Gasteiger partial charge >= 0.3 is 0 Å². The molecule has 0 aliphatic rings. The summed E-state index contributed by atoms with van der Waals surface area (Å²) in [4.78, 5) is 0. The van der Waals surface area contributed by atoms with Crippen molar-refractivity contribution >= 4 is 0 Å². The molecule has 80 valence electrons. The summed E-state index contributed by atoms with van der Waals surface area (Å²) in [5.74, 6) is 2.57. The van der Waals surface area contributed by atoms with Crippen LogP contribution in [0, 0.1) is 23.2 Å². The van der Waals surface area contributed by atoms with Crippen LogP contribution in [0.3, 0.4) is 0 Å². The highest BCUT2D eigenvalue weighted by Crippen LogP contribution is 2.37. The zero-order chi connectivity index (χ0) is 10.6. The van der Waals surface area contributed by atoms with Gasteiger partial charge in [0.2, 0.25) is 0 Å². The molecule has 0 nitrogen and oxygen atoms in total. The third kappa shape index (κ3) is 4.69. The summed E-state index contributed by atoms with van der Waals surface area (Å²) >= 11 is 0. The van der Waals surface area contributed by atoms with E-state index in [4.69, 9.17) is 0 Å². The van der Waals surface area contributed by atoms with E-state index in [0.29, 0.717) is 5.41 Å². The number of hydrogen-bond acceptors (Lipinski definition) is 0. The van der Waals surface area contributed by atoms with Crippen LogP contribution in [0.15, 0.2) is 0 Å². The Labute approximate surface area is 85.1 Å². The highest BCUT2D eigenvalue weighted by molar-refractivity contribution is 4.78. The molecule has 0 bridgehead atoms. The van der Waals surface area contributed by atoms with Crippen molar-refractivity contribution in [2.24, 2.45) is 23.2 Å². The highest BCUT2D eigenvalue weighted by atomic mass is 14.3. The van der Waals surface area contributed by atoms with Gasteiger partial charge in [-0.05, 0) is 29.6 Å². The molecule has 0 N–H and O–H groups in total. The van der Waals surface area contributed by atoms with Crippen LogP contribution < -0.4 is 0 Å². The number of hydrogen-bond donors (Lipinski definition) is 0. The lowest BCUT2D eigenvalue weighted by Gasteiger charge is -2.36. The first kappa shape index (κ1) is 13.0. The molecule has 0 radical (unpaired) electrons. The van der Waals surface area contributed by atoms with Crippen LogP contribution in [0.4, 0.5) is 0 Å². The van der Waals surface area contributed by atoms with Gasteiger partial charge in [-0.15, -0.1) is 0 Å². The molecule has 2 unspecified atom stereocenters. The second-order valence-electron chi connectivity index (χ2n) is 5.99. The summed E-state index contributed by atoms with van der Waals surface area (Å²) in [5.41, 5.74) is 0.472. The van der Waals surface area contributed by atoms with Gasteiger partial charge < -0.3 is 0 Å². The molecule has 13 heavy (non-hydrogen) atoms. The van der Waals surface area contributed by atoms with Crippen molar-refractivity contribution in [2.75, 3.05) is 0 Å². The lowest BCUT2D eigenvalue weighted by atomic mass is 9.69. The van der Waals surface area contributed by atoms with Gasteiger partial charge in [-0.3, -0.25) is 0 Å². The molecule has 0 aromatic heterocycles. The monoisotopic (exact) mass is 184 g/mol. The number of rotatable bonds is 4. The summed E-state index contributed by atoms with van der Waals surface area (Å²) in [6.07, 6.45) is 2.69.